The summed E-state index contributed by atoms with van der Waals surface area (Å²) < 4.78 is 38.8. The molecule has 1 fully saturated rings. The van der Waals surface area contributed by atoms with Gasteiger partial charge in [-0.25, -0.2) is 9.97 Å². The van der Waals surface area contributed by atoms with Crippen LogP contribution in [0.5, 0.6) is 0 Å². The van der Waals surface area contributed by atoms with Crippen LogP contribution in [-0.4, -0.2) is 26.1 Å². The predicted octanol–water partition coefficient (Wildman–Crippen LogP) is 5.54. The summed E-state index contributed by atoms with van der Waals surface area (Å²) in [4.78, 5) is 21.4. The summed E-state index contributed by atoms with van der Waals surface area (Å²) in [5.41, 5.74) is 1.01. The Kier molecular flexibility index (Phi) is 4.54. The molecular formula is C21H16F3N5OS. The average molecular weight is 443 g/mol. The summed E-state index contributed by atoms with van der Waals surface area (Å²) in [6.07, 6.45) is -2.27. The number of pyridine rings is 1. The van der Waals surface area contributed by atoms with E-state index in [9.17, 15) is 18.0 Å². The van der Waals surface area contributed by atoms with Gasteiger partial charge in [0.15, 0.2) is 5.82 Å². The number of aromatic amines is 1. The van der Waals surface area contributed by atoms with Gasteiger partial charge in [0.1, 0.15) is 16.3 Å². The van der Waals surface area contributed by atoms with E-state index >= 15 is 0 Å². The minimum atomic E-state index is -4.53. The van der Waals surface area contributed by atoms with Crippen LogP contribution < -0.4 is 5.32 Å². The second-order valence-electron chi connectivity index (χ2n) is 7.45. The molecule has 2 N–H and O–H groups in total. The van der Waals surface area contributed by atoms with Crippen molar-refractivity contribution in [2.24, 2.45) is 0 Å². The fourth-order valence-electron chi connectivity index (χ4n) is 3.31. The number of hydrogen-bond donors (Lipinski definition) is 2. The van der Waals surface area contributed by atoms with Gasteiger partial charge in [0.25, 0.3) is 5.91 Å². The molecule has 1 aromatic carbocycles. The van der Waals surface area contributed by atoms with Crippen LogP contribution in [0, 0.1) is 6.92 Å². The summed E-state index contributed by atoms with van der Waals surface area (Å²) in [5, 5.41) is 10.5. The molecule has 0 radical (unpaired) electrons. The van der Waals surface area contributed by atoms with Gasteiger partial charge in [0.2, 0.25) is 0 Å². The quantitative estimate of drug-likeness (QED) is 0.434. The zero-order valence-electron chi connectivity index (χ0n) is 16.2. The smallest absolute Gasteiger partial charge is 0.321 e. The molecule has 1 aliphatic rings. The monoisotopic (exact) mass is 443 g/mol. The van der Waals surface area contributed by atoms with E-state index in [1.807, 2.05) is 12.1 Å². The molecule has 5 rings (SSSR count). The fraction of sp³-hybridized carbons (Fsp3) is 0.238. The van der Waals surface area contributed by atoms with Crippen molar-refractivity contribution < 1.29 is 18.0 Å². The maximum Gasteiger partial charge on any atom is 0.433 e. The van der Waals surface area contributed by atoms with E-state index in [1.165, 1.54) is 6.07 Å². The van der Waals surface area contributed by atoms with Crippen molar-refractivity contribution >= 4 is 33.1 Å². The van der Waals surface area contributed by atoms with Crippen LogP contribution in [0.3, 0.4) is 0 Å². The highest BCUT2D eigenvalue weighted by atomic mass is 32.1. The number of nitrogens with one attached hydrogen (secondary N) is 2. The minimum absolute atomic E-state index is 0.184. The Morgan fingerprint density at radius 2 is 1.87 bits per heavy atom. The molecule has 158 valence electrons. The lowest BCUT2D eigenvalue weighted by atomic mass is 10.1. The molecule has 6 nitrogen and oxygen atoms in total. The highest BCUT2D eigenvalue weighted by Crippen LogP contribution is 2.38. The first kappa shape index (κ1) is 19.7. The van der Waals surface area contributed by atoms with Gasteiger partial charge in [-0.05, 0) is 61.7 Å². The Labute approximate surface area is 178 Å². The normalized spacial score (nSPS) is 14.2. The van der Waals surface area contributed by atoms with Crippen LogP contribution in [0.2, 0.25) is 0 Å². The molecule has 10 heteroatoms. The Bertz CT molecular complexity index is 1290. The first-order valence-corrected chi connectivity index (χ1v) is 10.4. The number of hydrogen-bond acceptors (Lipinski definition) is 5. The lowest BCUT2D eigenvalue weighted by Gasteiger charge is -2.05. The average Bonchev–Trinajstić information content (AvgIpc) is 3.37. The van der Waals surface area contributed by atoms with Crippen molar-refractivity contribution in [3.05, 3.63) is 58.4 Å². The Hall–Kier alpha value is -3.27. The summed E-state index contributed by atoms with van der Waals surface area (Å²) in [6, 6.07) is 9.39. The number of fused-ring (bicyclic) bond motifs is 1. The SMILES string of the molecule is Cc1c(C(=O)Nc2ccc(-c3n[nH]c(C4CC4)n3)cc2)sc2nc(C(F)(F)F)ccc12. The van der Waals surface area contributed by atoms with Crippen LogP contribution in [0.15, 0.2) is 36.4 Å². The van der Waals surface area contributed by atoms with Gasteiger partial charge in [-0.15, -0.1) is 11.3 Å². The van der Waals surface area contributed by atoms with Crippen LogP contribution in [0.25, 0.3) is 21.6 Å². The lowest BCUT2D eigenvalue weighted by molar-refractivity contribution is -0.140. The van der Waals surface area contributed by atoms with E-state index in [1.54, 1.807) is 19.1 Å². The van der Waals surface area contributed by atoms with Gasteiger partial charge in [-0.2, -0.15) is 18.3 Å². The number of carbonyl (C=O) groups excluding carboxylic acids is 1. The molecular weight excluding hydrogens is 427 g/mol. The van der Waals surface area contributed by atoms with E-state index in [0.717, 1.165) is 41.6 Å². The molecule has 1 amide bonds. The maximum atomic E-state index is 12.9. The molecule has 0 saturated heterocycles. The van der Waals surface area contributed by atoms with Gasteiger partial charge >= 0.3 is 6.18 Å². The van der Waals surface area contributed by atoms with E-state index in [4.69, 9.17) is 0 Å². The molecule has 0 atom stereocenters. The number of carbonyl (C=O) groups is 1. The van der Waals surface area contributed by atoms with Crippen LogP contribution >= 0.6 is 11.3 Å². The van der Waals surface area contributed by atoms with Crippen molar-refractivity contribution in [3.63, 3.8) is 0 Å². The summed E-state index contributed by atoms with van der Waals surface area (Å²) >= 11 is 0.946. The third-order valence-corrected chi connectivity index (χ3v) is 6.37. The zero-order chi connectivity index (χ0) is 21.8. The van der Waals surface area contributed by atoms with E-state index < -0.39 is 17.8 Å². The van der Waals surface area contributed by atoms with Crippen molar-refractivity contribution in [1.82, 2.24) is 20.2 Å². The number of aryl methyl sites for hydroxylation is 1. The topological polar surface area (TPSA) is 83.6 Å². The van der Waals surface area contributed by atoms with Gasteiger partial charge in [-0.1, -0.05) is 0 Å². The Morgan fingerprint density at radius 3 is 2.55 bits per heavy atom. The number of amides is 1. The van der Waals surface area contributed by atoms with Gasteiger partial charge < -0.3 is 5.32 Å². The summed E-state index contributed by atoms with van der Waals surface area (Å²) in [6.45, 7) is 1.70. The third kappa shape index (κ3) is 3.78. The molecule has 0 aliphatic heterocycles. The summed E-state index contributed by atoms with van der Waals surface area (Å²) in [7, 11) is 0. The fourth-order valence-corrected chi connectivity index (χ4v) is 4.38. The number of thiophene rings is 1. The van der Waals surface area contributed by atoms with E-state index in [-0.39, 0.29) is 4.83 Å². The van der Waals surface area contributed by atoms with Crippen molar-refractivity contribution in [2.75, 3.05) is 5.32 Å². The number of H-pyrrole nitrogens is 1. The summed E-state index contributed by atoms with van der Waals surface area (Å²) in [5.74, 6) is 1.59. The highest BCUT2D eigenvalue weighted by Gasteiger charge is 2.33. The second kappa shape index (κ2) is 7.16. The van der Waals surface area contributed by atoms with Crippen LogP contribution in [-0.2, 0) is 6.18 Å². The Morgan fingerprint density at radius 1 is 1.13 bits per heavy atom. The molecule has 4 aromatic rings. The number of nitrogens with zero attached hydrogens (tertiary/aromatic N) is 3. The molecule has 0 spiro atoms. The Balaban J connectivity index is 1.35. The van der Waals surface area contributed by atoms with Gasteiger partial charge in [-0.3, -0.25) is 9.89 Å². The lowest BCUT2D eigenvalue weighted by Crippen LogP contribution is -2.11. The van der Waals surface area contributed by atoms with Gasteiger partial charge in [0.05, 0.1) is 4.88 Å². The molecule has 0 unspecified atom stereocenters. The number of halogens is 3. The molecule has 3 aromatic heterocycles. The van der Waals surface area contributed by atoms with Crippen molar-refractivity contribution in [1.29, 1.82) is 0 Å². The number of benzene rings is 1. The van der Waals surface area contributed by atoms with Gasteiger partial charge in [0, 0.05) is 22.6 Å². The van der Waals surface area contributed by atoms with E-state index in [0.29, 0.717) is 33.3 Å². The van der Waals surface area contributed by atoms with Crippen molar-refractivity contribution in [3.8, 4) is 11.4 Å². The third-order valence-electron chi connectivity index (χ3n) is 5.17. The number of aromatic nitrogens is 4. The molecule has 3 heterocycles. The standard InChI is InChI=1S/C21H16F3N5OS/c1-10-14-8-9-15(21(22,23)24)26-20(14)31-16(10)19(30)25-13-6-4-12(5-7-13)18-27-17(28-29-18)11-2-3-11/h4-9,11H,2-3H2,1H3,(H,25,30)(H,27,28,29). The van der Waals surface area contributed by atoms with Crippen LogP contribution in [0.1, 0.15) is 45.5 Å². The second-order valence-corrected chi connectivity index (χ2v) is 8.45. The zero-order valence-corrected chi connectivity index (χ0v) is 17.1. The minimum Gasteiger partial charge on any atom is -0.321 e. The number of anilines is 1. The van der Waals surface area contributed by atoms with Crippen molar-refractivity contribution in [2.45, 2.75) is 31.9 Å². The first-order valence-electron chi connectivity index (χ1n) is 9.61. The molecule has 0 bridgehead atoms. The van der Waals surface area contributed by atoms with Crippen LogP contribution in [0.4, 0.5) is 18.9 Å². The maximum absolute atomic E-state index is 12.9. The first-order chi connectivity index (χ1) is 14.8. The molecule has 31 heavy (non-hydrogen) atoms. The number of rotatable bonds is 4. The molecule has 1 saturated carbocycles. The number of alkyl halides is 3. The largest absolute Gasteiger partial charge is 0.433 e. The predicted molar refractivity (Wildman–Crippen MR) is 111 cm³/mol. The van der Waals surface area contributed by atoms with E-state index in [2.05, 4.69) is 25.5 Å². The molecule has 1 aliphatic carbocycles. The highest BCUT2D eigenvalue weighted by molar-refractivity contribution is 7.20.